The van der Waals surface area contributed by atoms with Crippen LogP contribution in [0.1, 0.15) is 18.4 Å². The van der Waals surface area contributed by atoms with E-state index >= 15 is 0 Å². The number of aliphatic hydroxyl groups excluding tert-OH is 1. The van der Waals surface area contributed by atoms with Crippen molar-refractivity contribution in [3.63, 3.8) is 0 Å². The van der Waals surface area contributed by atoms with Crippen LogP contribution in [0.2, 0.25) is 0 Å². The Morgan fingerprint density at radius 1 is 1.35 bits per heavy atom. The second-order valence-corrected chi connectivity index (χ2v) is 5.64. The van der Waals surface area contributed by atoms with Gasteiger partial charge in [0.1, 0.15) is 0 Å². The molecule has 0 spiro atoms. The maximum absolute atomic E-state index is 12.1. The summed E-state index contributed by atoms with van der Waals surface area (Å²) in [4.78, 5) is 17.3. The summed E-state index contributed by atoms with van der Waals surface area (Å²) in [6, 6.07) is 9.82. The molecule has 2 aromatic rings. The first-order valence-corrected chi connectivity index (χ1v) is 7.20. The first-order chi connectivity index (χ1) is 9.76. The van der Waals surface area contributed by atoms with Crippen LogP contribution in [-0.2, 0) is 6.54 Å². The third kappa shape index (κ3) is 2.76. The van der Waals surface area contributed by atoms with Crippen LogP contribution in [0.3, 0.4) is 0 Å². The van der Waals surface area contributed by atoms with Gasteiger partial charge in [0.05, 0.1) is 0 Å². The Morgan fingerprint density at radius 3 is 3.05 bits per heavy atom. The average molecular weight is 272 g/mol. The van der Waals surface area contributed by atoms with E-state index in [0.717, 1.165) is 42.4 Å². The number of aliphatic hydroxyl groups is 1. The number of rotatable bonds is 3. The predicted molar refractivity (Wildman–Crippen MR) is 79.7 cm³/mol. The van der Waals surface area contributed by atoms with Crippen molar-refractivity contribution in [2.45, 2.75) is 19.4 Å². The van der Waals surface area contributed by atoms with Gasteiger partial charge in [-0.1, -0.05) is 18.2 Å². The quantitative estimate of drug-likeness (QED) is 0.894. The molecule has 4 heteroatoms. The molecular formula is C16H20N2O2. The molecular weight excluding hydrogens is 252 g/mol. The minimum atomic E-state index is -0.00479. The number of piperidine rings is 1. The summed E-state index contributed by atoms with van der Waals surface area (Å²) in [5.41, 5.74) is 1.69. The van der Waals surface area contributed by atoms with Crippen molar-refractivity contribution < 1.29 is 5.11 Å². The van der Waals surface area contributed by atoms with Gasteiger partial charge < -0.3 is 10.1 Å². The Morgan fingerprint density at radius 2 is 2.20 bits per heavy atom. The van der Waals surface area contributed by atoms with Gasteiger partial charge in [-0.15, -0.1) is 0 Å². The lowest BCUT2D eigenvalue weighted by Gasteiger charge is -2.31. The molecule has 106 valence electrons. The van der Waals surface area contributed by atoms with Crippen LogP contribution in [-0.4, -0.2) is 34.7 Å². The highest BCUT2D eigenvalue weighted by molar-refractivity contribution is 5.78. The number of aromatic amines is 1. The Balaban J connectivity index is 1.83. The van der Waals surface area contributed by atoms with E-state index in [1.165, 1.54) is 0 Å². The van der Waals surface area contributed by atoms with Gasteiger partial charge >= 0.3 is 0 Å². The molecule has 4 nitrogen and oxygen atoms in total. The number of nitrogens with zero attached hydrogens (tertiary/aromatic N) is 1. The number of H-pyrrole nitrogens is 1. The van der Waals surface area contributed by atoms with Gasteiger partial charge in [-0.05, 0) is 42.8 Å². The minimum Gasteiger partial charge on any atom is -0.396 e. The average Bonchev–Trinajstić information content (AvgIpc) is 2.48. The first-order valence-electron chi connectivity index (χ1n) is 7.20. The molecule has 3 rings (SSSR count). The van der Waals surface area contributed by atoms with Crippen molar-refractivity contribution in [1.82, 2.24) is 9.88 Å². The van der Waals surface area contributed by atoms with E-state index < -0.39 is 0 Å². The number of nitrogens with one attached hydrogen (secondary N) is 1. The number of fused-ring (bicyclic) bond motifs is 1. The monoisotopic (exact) mass is 272 g/mol. The van der Waals surface area contributed by atoms with E-state index in [1.54, 1.807) is 0 Å². The number of pyridine rings is 1. The van der Waals surface area contributed by atoms with E-state index in [0.29, 0.717) is 12.5 Å². The first kappa shape index (κ1) is 13.3. The van der Waals surface area contributed by atoms with E-state index in [9.17, 15) is 9.90 Å². The Labute approximate surface area is 118 Å². The van der Waals surface area contributed by atoms with E-state index in [-0.39, 0.29) is 12.2 Å². The van der Waals surface area contributed by atoms with Gasteiger partial charge in [0.15, 0.2) is 0 Å². The molecule has 1 atom stereocenters. The van der Waals surface area contributed by atoms with E-state index in [4.69, 9.17) is 0 Å². The maximum atomic E-state index is 12.1. The van der Waals surface area contributed by atoms with Gasteiger partial charge in [-0.2, -0.15) is 0 Å². The Bertz CT molecular complexity index is 650. The van der Waals surface area contributed by atoms with Crippen LogP contribution < -0.4 is 5.56 Å². The number of hydrogen-bond donors (Lipinski definition) is 2. The second-order valence-electron chi connectivity index (χ2n) is 5.64. The van der Waals surface area contributed by atoms with Crippen LogP contribution in [0.15, 0.2) is 35.1 Å². The Kier molecular flexibility index (Phi) is 3.85. The normalized spacial score (nSPS) is 20.4. The summed E-state index contributed by atoms with van der Waals surface area (Å²) in [5, 5.41) is 10.3. The van der Waals surface area contributed by atoms with Crippen molar-refractivity contribution in [2.24, 2.45) is 5.92 Å². The van der Waals surface area contributed by atoms with Crippen molar-refractivity contribution in [3.8, 4) is 0 Å². The fourth-order valence-electron chi connectivity index (χ4n) is 2.99. The molecule has 1 aromatic heterocycles. The zero-order valence-electron chi connectivity index (χ0n) is 11.5. The molecule has 1 saturated heterocycles. The summed E-state index contributed by atoms with van der Waals surface area (Å²) in [7, 11) is 0. The fourth-order valence-corrected chi connectivity index (χ4v) is 2.99. The summed E-state index contributed by atoms with van der Waals surface area (Å²) in [5.74, 6) is 0.350. The van der Waals surface area contributed by atoms with Crippen LogP contribution >= 0.6 is 0 Å². The van der Waals surface area contributed by atoms with Gasteiger partial charge in [-0.3, -0.25) is 9.69 Å². The molecule has 0 bridgehead atoms. The van der Waals surface area contributed by atoms with Crippen molar-refractivity contribution in [3.05, 3.63) is 46.2 Å². The number of likely N-dealkylation sites (tertiary alicyclic amines) is 1. The molecule has 2 heterocycles. The van der Waals surface area contributed by atoms with Gasteiger partial charge in [0.25, 0.3) is 5.56 Å². The maximum Gasteiger partial charge on any atom is 0.252 e. The van der Waals surface area contributed by atoms with E-state index in [2.05, 4.69) is 9.88 Å². The smallest absolute Gasteiger partial charge is 0.252 e. The molecule has 2 N–H and O–H groups in total. The van der Waals surface area contributed by atoms with Gasteiger partial charge in [-0.25, -0.2) is 0 Å². The SMILES string of the molecule is O=c1[nH]c2ccccc2cc1CN1CCC[C@H](CO)C1. The summed E-state index contributed by atoms with van der Waals surface area (Å²) < 4.78 is 0. The molecule has 1 aliphatic rings. The molecule has 0 radical (unpaired) electrons. The summed E-state index contributed by atoms with van der Waals surface area (Å²) >= 11 is 0. The highest BCUT2D eigenvalue weighted by Crippen LogP contribution is 2.18. The molecule has 0 amide bonds. The van der Waals surface area contributed by atoms with Crippen molar-refractivity contribution >= 4 is 10.9 Å². The van der Waals surface area contributed by atoms with E-state index in [1.807, 2.05) is 30.3 Å². The standard InChI is InChI=1S/C16H20N2O2/c19-11-12-4-3-7-18(9-12)10-14-8-13-5-1-2-6-15(13)17-16(14)20/h1-2,5-6,8,12,19H,3-4,7,9-11H2,(H,17,20)/t12-/m0/s1. The molecule has 20 heavy (non-hydrogen) atoms. The Hall–Kier alpha value is -1.65. The number of aromatic nitrogens is 1. The molecule has 0 aliphatic carbocycles. The topological polar surface area (TPSA) is 56.3 Å². The summed E-state index contributed by atoms with van der Waals surface area (Å²) in [6.45, 7) is 2.78. The van der Waals surface area contributed by atoms with Crippen molar-refractivity contribution in [2.75, 3.05) is 19.7 Å². The van der Waals surface area contributed by atoms with Crippen LogP contribution in [0.4, 0.5) is 0 Å². The zero-order valence-corrected chi connectivity index (χ0v) is 11.5. The van der Waals surface area contributed by atoms with Crippen molar-refractivity contribution in [1.29, 1.82) is 0 Å². The molecule has 0 saturated carbocycles. The zero-order chi connectivity index (χ0) is 13.9. The number of benzene rings is 1. The third-order valence-electron chi connectivity index (χ3n) is 4.09. The molecule has 1 aliphatic heterocycles. The third-order valence-corrected chi connectivity index (χ3v) is 4.09. The largest absolute Gasteiger partial charge is 0.396 e. The van der Waals surface area contributed by atoms with Crippen LogP contribution in [0, 0.1) is 5.92 Å². The van der Waals surface area contributed by atoms with Crippen LogP contribution in [0.5, 0.6) is 0 Å². The fraction of sp³-hybridized carbons (Fsp3) is 0.438. The molecule has 1 aromatic carbocycles. The van der Waals surface area contributed by atoms with Gasteiger partial charge in [0, 0.05) is 30.8 Å². The van der Waals surface area contributed by atoms with Gasteiger partial charge in [0.2, 0.25) is 0 Å². The summed E-state index contributed by atoms with van der Waals surface area (Å²) in [6.07, 6.45) is 2.18. The highest BCUT2D eigenvalue weighted by Gasteiger charge is 2.20. The molecule has 0 unspecified atom stereocenters. The minimum absolute atomic E-state index is 0.00479. The van der Waals surface area contributed by atoms with Crippen LogP contribution in [0.25, 0.3) is 10.9 Å². The lowest BCUT2D eigenvalue weighted by atomic mass is 9.98. The number of para-hydroxylation sites is 1. The molecule has 1 fully saturated rings. The lowest BCUT2D eigenvalue weighted by Crippen LogP contribution is -2.37. The second kappa shape index (κ2) is 5.77. The predicted octanol–water partition coefficient (Wildman–Crippen LogP) is 1.73. The lowest BCUT2D eigenvalue weighted by molar-refractivity contribution is 0.115. The number of hydrogen-bond acceptors (Lipinski definition) is 3. The highest BCUT2D eigenvalue weighted by atomic mass is 16.3.